The number of aromatic nitrogens is 2. The van der Waals surface area contributed by atoms with E-state index in [0.717, 1.165) is 17.2 Å². The van der Waals surface area contributed by atoms with Gasteiger partial charge in [-0.05, 0) is 80.3 Å². The Morgan fingerprint density at radius 1 is 0.667 bits per heavy atom. The lowest BCUT2D eigenvalue weighted by Gasteiger charge is -2.10. The topological polar surface area (TPSA) is 49.8 Å². The number of rotatable bonds is 4. The van der Waals surface area contributed by atoms with Crippen molar-refractivity contribution in [2.75, 3.05) is 10.6 Å². The van der Waals surface area contributed by atoms with Gasteiger partial charge in [-0.15, -0.1) is 0 Å². The maximum Gasteiger partial charge on any atom is 0.229 e. The number of anilines is 4. The first-order chi connectivity index (χ1) is 11.5. The lowest BCUT2D eigenvalue weighted by atomic mass is 10.1. The molecule has 0 unspecified atom stereocenters. The Kier molecular flexibility index (Phi) is 4.47. The second-order valence-corrected chi connectivity index (χ2v) is 6.11. The van der Waals surface area contributed by atoms with Crippen molar-refractivity contribution in [2.24, 2.45) is 0 Å². The van der Waals surface area contributed by atoms with E-state index in [1.807, 2.05) is 12.1 Å². The first-order valence-electron chi connectivity index (χ1n) is 8.03. The van der Waals surface area contributed by atoms with E-state index >= 15 is 0 Å². The van der Waals surface area contributed by atoms with Gasteiger partial charge in [0.25, 0.3) is 0 Å². The molecule has 1 heterocycles. The van der Waals surface area contributed by atoms with E-state index < -0.39 is 0 Å². The molecule has 4 nitrogen and oxygen atoms in total. The first kappa shape index (κ1) is 16.0. The number of nitrogens with one attached hydrogen (secondary N) is 2. The molecule has 3 aromatic rings. The SMILES string of the molecule is Cc1ccc(Nc2ccnc(Nc3ccc(C)c(C)c3)n2)cc1C. The Morgan fingerprint density at radius 2 is 1.25 bits per heavy atom. The minimum Gasteiger partial charge on any atom is -0.340 e. The van der Waals surface area contributed by atoms with Gasteiger partial charge in [0, 0.05) is 17.6 Å². The van der Waals surface area contributed by atoms with E-state index in [9.17, 15) is 0 Å². The molecule has 0 aliphatic rings. The maximum absolute atomic E-state index is 4.53. The van der Waals surface area contributed by atoms with Gasteiger partial charge in [-0.2, -0.15) is 4.98 Å². The van der Waals surface area contributed by atoms with E-state index in [1.165, 1.54) is 22.3 Å². The average molecular weight is 318 g/mol. The van der Waals surface area contributed by atoms with Crippen molar-refractivity contribution in [1.82, 2.24) is 9.97 Å². The summed E-state index contributed by atoms with van der Waals surface area (Å²) < 4.78 is 0. The quantitative estimate of drug-likeness (QED) is 0.694. The van der Waals surface area contributed by atoms with Crippen LogP contribution in [0.2, 0.25) is 0 Å². The summed E-state index contributed by atoms with van der Waals surface area (Å²) in [5, 5.41) is 6.58. The second-order valence-electron chi connectivity index (χ2n) is 6.11. The fraction of sp³-hybridized carbons (Fsp3) is 0.200. The number of hydrogen-bond donors (Lipinski definition) is 2. The highest BCUT2D eigenvalue weighted by Gasteiger charge is 2.03. The van der Waals surface area contributed by atoms with Crippen LogP contribution in [0.5, 0.6) is 0 Å². The number of aryl methyl sites for hydroxylation is 4. The van der Waals surface area contributed by atoms with E-state index in [0.29, 0.717) is 5.95 Å². The molecule has 3 rings (SSSR count). The van der Waals surface area contributed by atoms with Gasteiger partial charge in [-0.25, -0.2) is 4.98 Å². The van der Waals surface area contributed by atoms with Gasteiger partial charge in [-0.3, -0.25) is 0 Å². The molecular weight excluding hydrogens is 296 g/mol. The van der Waals surface area contributed by atoms with Gasteiger partial charge in [0.05, 0.1) is 0 Å². The third kappa shape index (κ3) is 3.71. The molecule has 0 fully saturated rings. The number of benzene rings is 2. The van der Waals surface area contributed by atoms with Crippen molar-refractivity contribution in [1.29, 1.82) is 0 Å². The molecule has 0 radical (unpaired) electrons. The van der Waals surface area contributed by atoms with Crippen molar-refractivity contribution in [3.8, 4) is 0 Å². The molecule has 122 valence electrons. The predicted octanol–water partition coefficient (Wildman–Crippen LogP) is 5.20. The molecule has 2 N–H and O–H groups in total. The van der Waals surface area contributed by atoms with Crippen LogP contribution in [0.4, 0.5) is 23.1 Å². The number of nitrogens with zero attached hydrogens (tertiary/aromatic N) is 2. The highest BCUT2D eigenvalue weighted by Crippen LogP contribution is 2.21. The second kappa shape index (κ2) is 6.71. The van der Waals surface area contributed by atoms with Crippen LogP contribution in [-0.2, 0) is 0 Å². The minimum absolute atomic E-state index is 0.576. The fourth-order valence-corrected chi connectivity index (χ4v) is 2.40. The molecule has 0 bridgehead atoms. The molecule has 0 saturated heterocycles. The van der Waals surface area contributed by atoms with Crippen LogP contribution in [-0.4, -0.2) is 9.97 Å². The van der Waals surface area contributed by atoms with Crippen molar-refractivity contribution in [2.45, 2.75) is 27.7 Å². The molecule has 4 heteroatoms. The van der Waals surface area contributed by atoms with Gasteiger partial charge in [-0.1, -0.05) is 12.1 Å². The van der Waals surface area contributed by atoms with Gasteiger partial charge >= 0.3 is 0 Å². The van der Waals surface area contributed by atoms with Crippen LogP contribution in [0.1, 0.15) is 22.3 Å². The van der Waals surface area contributed by atoms with Crippen LogP contribution in [0.15, 0.2) is 48.7 Å². The predicted molar refractivity (Wildman–Crippen MR) is 100 cm³/mol. The molecule has 0 aliphatic carbocycles. The van der Waals surface area contributed by atoms with E-state index in [-0.39, 0.29) is 0 Å². The van der Waals surface area contributed by atoms with Gasteiger partial charge < -0.3 is 10.6 Å². The van der Waals surface area contributed by atoms with Crippen molar-refractivity contribution < 1.29 is 0 Å². The Morgan fingerprint density at radius 3 is 1.83 bits per heavy atom. The summed E-state index contributed by atoms with van der Waals surface area (Å²) in [5.41, 5.74) is 7.05. The fourth-order valence-electron chi connectivity index (χ4n) is 2.40. The molecule has 1 aromatic heterocycles. The Balaban J connectivity index is 1.78. The number of hydrogen-bond acceptors (Lipinski definition) is 4. The molecule has 0 atom stereocenters. The largest absolute Gasteiger partial charge is 0.340 e. The van der Waals surface area contributed by atoms with Crippen LogP contribution in [0, 0.1) is 27.7 Å². The minimum atomic E-state index is 0.576. The van der Waals surface area contributed by atoms with Crippen LogP contribution in [0.25, 0.3) is 0 Å². The Hall–Kier alpha value is -2.88. The molecule has 2 aromatic carbocycles. The smallest absolute Gasteiger partial charge is 0.229 e. The molecule has 0 aliphatic heterocycles. The zero-order valence-electron chi connectivity index (χ0n) is 14.5. The standard InChI is InChI=1S/C20H22N4/c1-13-5-7-17(11-15(13)3)22-19-9-10-21-20(24-19)23-18-8-6-14(2)16(4)12-18/h5-12H,1-4H3,(H2,21,22,23,24). The van der Waals surface area contributed by atoms with Crippen molar-refractivity contribution >= 4 is 23.1 Å². The molecule has 0 amide bonds. The van der Waals surface area contributed by atoms with Crippen LogP contribution >= 0.6 is 0 Å². The lowest BCUT2D eigenvalue weighted by Crippen LogP contribution is -2.01. The maximum atomic E-state index is 4.53. The molecule has 0 saturated carbocycles. The summed E-state index contributed by atoms with van der Waals surface area (Å²) in [5.74, 6) is 1.34. The monoisotopic (exact) mass is 318 g/mol. The third-order valence-corrected chi connectivity index (χ3v) is 4.20. The van der Waals surface area contributed by atoms with Crippen LogP contribution in [0.3, 0.4) is 0 Å². The summed E-state index contributed by atoms with van der Waals surface area (Å²) in [6.07, 6.45) is 1.75. The molecule has 24 heavy (non-hydrogen) atoms. The van der Waals surface area contributed by atoms with E-state index in [2.05, 4.69) is 78.6 Å². The summed E-state index contributed by atoms with van der Waals surface area (Å²) in [7, 11) is 0. The highest BCUT2D eigenvalue weighted by atomic mass is 15.1. The van der Waals surface area contributed by atoms with Gasteiger partial charge in [0.2, 0.25) is 5.95 Å². The first-order valence-corrected chi connectivity index (χ1v) is 8.03. The van der Waals surface area contributed by atoms with E-state index in [1.54, 1.807) is 6.20 Å². The van der Waals surface area contributed by atoms with Crippen molar-refractivity contribution in [3.05, 3.63) is 70.9 Å². The van der Waals surface area contributed by atoms with Crippen LogP contribution < -0.4 is 10.6 Å². The van der Waals surface area contributed by atoms with Gasteiger partial charge in [0.1, 0.15) is 5.82 Å². The highest BCUT2D eigenvalue weighted by molar-refractivity contribution is 5.61. The van der Waals surface area contributed by atoms with Gasteiger partial charge in [0.15, 0.2) is 0 Å². The summed E-state index contributed by atoms with van der Waals surface area (Å²) in [6, 6.07) is 14.4. The summed E-state index contributed by atoms with van der Waals surface area (Å²) >= 11 is 0. The molecule has 0 spiro atoms. The summed E-state index contributed by atoms with van der Waals surface area (Å²) in [4.78, 5) is 8.83. The Labute approximate surface area is 143 Å². The zero-order chi connectivity index (χ0) is 17.1. The van der Waals surface area contributed by atoms with E-state index in [4.69, 9.17) is 0 Å². The normalized spacial score (nSPS) is 10.5. The Bertz CT molecular complexity index is 803. The third-order valence-electron chi connectivity index (χ3n) is 4.20. The molecular formula is C20H22N4. The summed E-state index contributed by atoms with van der Waals surface area (Å²) in [6.45, 7) is 8.41. The zero-order valence-corrected chi connectivity index (χ0v) is 14.5. The average Bonchev–Trinajstić information content (AvgIpc) is 2.55. The lowest BCUT2D eigenvalue weighted by molar-refractivity contribution is 1.16. The van der Waals surface area contributed by atoms with Crippen molar-refractivity contribution in [3.63, 3.8) is 0 Å².